The monoisotopic (exact) mass is 235 g/mol. The van der Waals surface area contributed by atoms with Crippen molar-refractivity contribution < 1.29 is 15.0 Å². The van der Waals surface area contributed by atoms with Crippen LogP contribution in [-0.4, -0.2) is 30.8 Å². The summed E-state index contributed by atoms with van der Waals surface area (Å²) in [6, 6.07) is 2.74. The van der Waals surface area contributed by atoms with Crippen LogP contribution < -0.4 is 10.8 Å². The Morgan fingerprint density at radius 2 is 2.06 bits per heavy atom. The van der Waals surface area contributed by atoms with E-state index in [1.807, 2.05) is 0 Å². The van der Waals surface area contributed by atoms with Crippen molar-refractivity contribution in [3.8, 4) is 0 Å². The van der Waals surface area contributed by atoms with Gasteiger partial charge in [-0.05, 0) is 12.1 Å². The third-order valence-corrected chi connectivity index (χ3v) is 2.25. The Balaban J connectivity index is 2.63. The molecule has 0 saturated carbocycles. The van der Waals surface area contributed by atoms with E-state index in [0.29, 0.717) is 5.65 Å². The molecule has 7 nitrogen and oxygen atoms in total. The van der Waals surface area contributed by atoms with Gasteiger partial charge in [-0.1, -0.05) is 0 Å². The maximum absolute atomic E-state index is 11.6. The van der Waals surface area contributed by atoms with Gasteiger partial charge in [0, 0.05) is 6.42 Å². The summed E-state index contributed by atoms with van der Waals surface area (Å²) in [5.74, 6) is -1.34. The number of aliphatic carboxylic acids is 1. The second-order valence-electron chi connectivity index (χ2n) is 3.42. The number of carboxylic acid groups (broad SMARTS) is 1. The number of carbonyl (C=O) groups is 1. The SMILES string of the molecule is O=C(O)CC/C(O)=c1\c(=O)ccc2ncnn12. The van der Waals surface area contributed by atoms with Gasteiger partial charge >= 0.3 is 5.97 Å². The van der Waals surface area contributed by atoms with E-state index >= 15 is 0 Å². The maximum Gasteiger partial charge on any atom is 0.303 e. The highest BCUT2D eigenvalue weighted by molar-refractivity contribution is 5.68. The molecule has 17 heavy (non-hydrogen) atoms. The van der Waals surface area contributed by atoms with Gasteiger partial charge in [-0.3, -0.25) is 9.59 Å². The van der Waals surface area contributed by atoms with Crippen LogP contribution in [0.2, 0.25) is 0 Å². The zero-order chi connectivity index (χ0) is 12.4. The number of nitrogens with zero attached hydrogens (tertiary/aromatic N) is 3. The molecule has 0 radical (unpaired) electrons. The third kappa shape index (κ3) is 2.07. The first kappa shape index (κ1) is 11.1. The molecule has 2 N–H and O–H groups in total. The van der Waals surface area contributed by atoms with Crippen LogP contribution in [-0.2, 0) is 4.79 Å². The number of hydrogen-bond acceptors (Lipinski definition) is 5. The largest absolute Gasteiger partial charge is 0.510 e. The molecule has 2 aromatic heterocycles. The quantitative estimate of drug-likeness (QED) is 0.731. The number of fused-ring (bicyclic) bond motifs is 1. The van der Waals surface area contributed by atoms with E-state index in [4.69, 9.17) is 5.11 Å². The molecule has 0 amide bonds. The predicted molar refractivity (Wildman–Crippen MR) is 57.4 cm³/mol. The van der Waals surface area contributed by atoms with Crippen LogP contribution in [0.1, 0.15) is 12.8 Å². The number of rotatable bonds is 3. The van der Waals surface area contributed by atoms with Crippen molar-refractivity contribution in [2.24, 2.45) is 0 Å². The van der Waals surface area contributed by atoms with E-state index < -0.39 is 11.4 Å². The van der Waals surface area contributed by atoms with Crippen LogP contribution in [0.4, 0.5) is 0 Å². The van der Waals surface area contributed by atoms with Crippen LogP contribution in [0.25, 0.3) is 11.4 Å². The molecule has 0 atom stereocenters. The summed E-state index contributed by atoms with van der Waals surface area (Å²) in [5.41, 5.74) is -0.00707. The second kappa shape index (κ2) is 4.20. The summed E-state index contributed by atoms with van der Waals surface area (Å²) in [7, 11) is 0. The van der Waals surface area contributed by atoms with Crippen LogP contribution in [0, 0.1) is 0 Å². The molecule has 2 heterocycles. The molecule has 0 unspecified atom stereocenters. The summed E-state index contributed by atoms with van der Waals surface area (Å²) in [6.07, 6.45) is 0.878. The lowest BCUT2D eigenvalue weighted by Crippen LogP contribution is -2.33. The van der Waals surface area contributed by atoms with Crippen molar-refractivity contribution in [2.45, 2.75) is 12.8 Å². The molecule has 2 rings (SSSR count). The molecule has 0 spiro atoms. The lowest BCUT2D eigenvalue weighted by atomic mass is 10.2. The zero-order valence-electron chi connectivity index (χ0n) is 8.70. The summed E-state index contributed by atoms with van der Waals surface area (Å²) in [5, 5.41) is 22.0. The van der Waals surface area contributed by atoms with Crippen molar-refractivity contribution in [1.82, 2.24) is 14.6 Å². The number of pyridine rings is 1. The fourth-order valence-corrected chi connectivity index (χ4v) is 1.48. The summed E-state index contributed by atoms with van der Waals surface area (Å²) in [6.45, 7) is 0. The van der Waals surface area contributed by atoms with Gasteiger partial charge in [-0.15, -0.1) is 0 Å². The zero-order valence-corrected chi connectivity index (χ0v) is 8.70. The Morgan fingerprint density at radius 3 is 2.76 bits per heavy atom. The number of aliphatic hydroxyl groups excluding tert-OH is 1. The fraction of sp³-hybridized carbons (Fsp3) is 0.200. The first-order valence-electron chi connectivity index (χ1n) is 4.86. The molecule has 0 fully saturated rings. The smallest absolute Gasteiger partial charge is 0.303 e. The topological polar surface area (TPSA) is 105 Å². The maximum atomic E-state index is 11.6. The molecule has 0 saturated heterocycles. The summed E-state index contributed by atoms with van der Waals surface area (Å²) < 4.78 is 1.19. The Bertz CT molecular complexity index is 676. The molecule has 0 aliphatic carbocycles. The van der Waals surface area contributed by atoms with Gasteiger partial charge in [0.1, 0.15) is 12.1 Å². The van der Waals surface area contributed by atoms with Gasteiger partial charge in [-0.25, -0.2) is 9.50 Å². The van der Waals surface area contributed by atoms with E-state index in [9.17, 15) is 14.7 Å². The van der Waals surface area contributed by atoms with Crippen molar-refractivity contribution in [3.05, 3.63) is 34.0 Å². The standard InChI is InChI=1S/C10H9N3O4/c14-6-1-3-8-11-5-12-13(8)10(6)7(15)2-4-9(16)17/h1,3,5,15H,2,4H2,(H,16,17)/b10-7-. The minimum absolute atomic E-state index is 0.0405. The van der Waals surface area contributed by atoms with Crippen molar-refractivity contribution in [1.29, 1.82) is 0 Å². The predicted octanol–water partition coefficient (Wildman–Crippen LogP) is -0.661. The van der Waals surface area contributed by atoms with Gasteiger partial charge < -0.3 is 10.2 Å². The Labute approximate surface area is 94.6 Å². The molecule has 0 aromatic carbocycles. The highest BCUT2D eigenvalue weighted by Crippen LogP contribution is 1.99. The Kier molecular flexibility index (Phi) is 2.73. The van der Waals surface area contributed by atoms with Crippen molar-refractivity contribution in [3.63, 3.8) is 0 Å². The molecule has 0 aliphatic heterocycles. The summed E-state index contributed by atoms with van der Waals surface area (Å²) >= 11 is 0. The first-order valence-corrected chi connectivity index (χ1v) is 4.86. The van der Waals surface area contributed by atoms with E-state index in [1.165, 1.54) is 23.0 Å². The Morgan fingerprint density at radius 1 is 1.29 bits per heavy atom. The van der Waals surface area contributed by atoms with Crippen LogP contribution >= 0.6 is 0 Å². The van der Waals surface area contributed by atoms with Gasteiger partial charge in [0.05, 0.1) is 6.42 Å². The molecule has 88 valence electrons. The van der Waals surface area contributed by atoms with Gasteiger partial charge in [0.25, 0.3) is 0 Å². The van der Waals surface area contributed by atoms with Crippen molar-refractivity contribution in [2.75, 3.05) is 0 Å². The molecule has 0 aliphatic rings. The van der Waals surface area contributed by atoms with E-state index in [1.54, 1.807) is 0 Å². The van der Waals surface area contributed by atoms with E-state index in [2.05, 4.69) is 10.1 Å². The van der Waals surface area contributed by atoms with Gasteiger partial charge in [0.15, 0.2) is 11.0 Å². The fourth-order valence-electron chi connectivity index (χ4n) is 1.48. The lowest BCUT2D eigenvalue weighted by molar-refractivity contribution is -0.136. The van der Waals surface area contributed by atoms with E-state index in [0.717, 1.165) is 0 Å². The molecular weight excluding hydrogens is 226 g/mol. The van der Waals surface area contributed by atoms with Crippen LogP contribution in [0.5, 0.6) is 0 Å². The highest BCUT2D eigenvalue weighted by Gasteiger charge is 2.07. The number of aliphatic hydroxyl groups is 1. The van der Waals surface area contributed by atoms with Crippen LogP contribution in [0.3, 0.4) is 0 Å². The lowest BCUT2D eigenvalue weighted by Gasteiger charge is -1.98. The molecule has 2 aromatic rings. The highest BCUT2D eigenvalue weighted by atomic mass is 16.4. The third-order valence-electron chi connectivity index (χ3n) is 2.25. The van der Waals surface area contributed by atoms with E-state index in [-0.39, 0.29) is 23.9 Å². The van der Waals surface area contributed by atoms with Crippen LogP contribution in [0.15, 0.2) is 23.3 Å². The summed E-state index contributed by atoms with van der Waals surface area (Å²) in [4.78, 5) is 25.9. The first-order chi connectivity index (χ1) is 8.09. The molecule has 0 bridgehead atoms. The number of aromatic nitrogens is 3. The Hall–Kier alpha value is -2.44. The minimum Gasteiger partial charge on any atom is -0.510 e. The number of hydrogen-bond donors (Lipinski definition) is 2. The average Bonchev–Trinajstić information content (AvgIpc) is 2.73. The molecular formula is C10H9N3O4. The second-order valence-corrected chi connectivity index (χ2v) is 3.42. The van der Waals surface area contributed by atoms with Gasteiger partial charge in [-0.2, -0.15) is 5.10 Å². The van der Waals surface area contributed by atoms with Crippen molar-refractivity contribution >= 4 is 17.4 Å². The number of carboxylic acids is 1. The molecule has 7 heteroatoms. The normalized spacial score (nSPS) is 12.7. The minimum atomic E-state index is -1.05. The van der Waals surface area contributed by atoms with Gasteiger partial charge in [0.2, 0.25) is 5.43 Å². The average molecular weight is 235 g/mol.